The third-order valence-corrected chi connectivity index (χ3v) is 11.3. The Morgan fingerprint density at radius 2 is 0.887 bits per heavy atom. The molecule has 2 atom stereocenters. The number of carbonyl (C=O) groups excluding carboxylic acids is 2. The van der Waals surface area contributed by atoms with Crippen molar-refractivity contribution in [3.8, 4) is 68.6 Å². The minimum absolute atomic E-state index is 0.0148. The van der Waals surface area contributed by atoms with E-state index in [-0.39, 0.29) is 70.9 Å². The number of allylic oxidation sites excluding steroid dienone is 8. The summed E-state index contributed by atoms with van der Waals surface area (Å²) in [5.41, 5.74) is 3.39. The molecule has 0 spiro atoms. The molecular weight excluding hydrogens is 793 g/mol. The summed E-state index contributed by atoms with van der Waals surface area (Å²) in [7, 11) is 0. The van der Waals surface area contributed by atoms with Crippen molar-refractivity contribution in [1.29, 1.82) is 0 Å². The lowest BCUT2D eigenvalue weighted by Crippen LogP contribution is -2.23. The van der Waals surface area contributed by atoms with Gasteiger partial charge in [0.25, 0.3) is 0 Å². The van der Waals surface area contributed by atoms with Crippen molar-refractivity contribution >= 4 is 11.6 Å². The zero-order valence-electron chi connectivity index (χ0n) is 35.8. The third kappa shape index (κ3) is 9.24. The molecule has 326 valence electrons. The largest absolute Gasteiger partial charge is 0.507 e. The number of fused-ring (bicyclic) bond motifs is 2. The first kappa shape index (κ1) is 44.7. The van der Waals surface area contributed by atoms with E-state index in [0.29, 0.717) is 24.0 Å². The van der Waals surface area contributed by atoms with E-state index in [0.717, 1.165) is 35.1 Å². The maximum absolute atomic E-state index is 14.2. The molecule has 2 aliphatic heterocycles. The second-order valence-electron chi connectivity index (χ2n) is 16.6. The molecule has 6 rings (SSSR count). The normalized spacial score (nSPS) is 16.2. The van der Waals surface area contributed by atoms with Crippen molar-refractivity contribution in [2.24, 2.45) is 0 Å². The molecule has 2 heterocycles. The van der Waals surface area contributed by atoms with Gasteiger partial charge in [0.1, 0.15) is 57.8 Å². The van der Waals surface area contributed by atoms with Crippen LogP contribution in [0.2, 0.25) is 0 Å². The summed E-state index contributed by atoms with van der Waals surface area (Å²) < 4.78 is 12.7. The molecule has 62 heavy (non-hydrogen) atoms. The van der Waals surface area contributed by atoms with Gasteiger partial charge in [0.05, 0.1) is 24.0 Å². The molecule has 0 aliphatic carbocycles. The molecule has 0 fully saturated rings. The summed E-state index contributed by atoms with van der Waals surface area (Å²) in [5.74, 6) is -5.95. The highest BCUT2D eigenvalue weighted by Gasteiger charge is 2.41. The molecule has 12 nitrogen and oxygen atoms in total. The van der Waals surface area contributed by atoms with E-state index in [1.165, 1.54) is 36.4 Å². The van der Waals surface area contributed by atoms with E-state index in [4.69, 9.17) is 9.47 Å². The second-order valence-corrected chi connectivity index (χ2v) is 16.6. The average Bonchev–Trinajstić information content (AvgIpc) is 3.20. The number of hydrogen-bond donors (Lipinski definition) is 8. The van der Waals surface area contributed by atoms with Gasteiger partial charge in [-0.05, 0) is 115 Å². The summed E-state index contributed by atoms with van der Waals surface area (Å²) in [5, 5.41) is 89.2. The first-order chi connectivity index (χ1) is 29.4. The third-order valence-electron chi connectivity index (χ3n) is 11.3. The first-order valence-electron chi connectivity index (χ1n) is 20.6. The smallest absolute Gasteiger partial charge is 0.174 e. The van der Waals surface area contributed by atoms with Gasteiger partial charge in [-0.15, -0.1) is 0 Å². The van der Waals surface area contributed by atoms with Crippen LogP contribution < -0.4 is 9.47 Å². The average molecular weight is 847 g/mol. The summed E-state index contributed by atoms with van der Waals surface area (Å²) >= 11 is 0. The Labute approximate surface area is 360 Å². The standard InChI is InChI=1S/C50H54O12/c1-25(2)9-7-11-27(5)13-17-31-45(57)43(47(59)41-37(55)23-39(61-49(31)41)29-15-19-33(51)35(53)21-29)44-46(58)32(18-14-28(6)12-8-10-26(3)4)50-42(48(44)60)38(56)24-40(62-50)30-16-20-34(52)36(54)22-30/h9-10,13-16,19-22,39-40,51-54,57-60H,7-8,11-12,17-18,23-24H2,1-6H3/b27-13-,28-14-. The Morgan fingerprint density at radius 3 is 1.23 bits per heavy atom. The number of hydrogen-bond acceptors (Lipinski definition) is 12. The summed E-state index contributed by atoms with van der Waals surface area (Å²) in [4.78, 5) is 28.4. The van der Waals surface area contributed by atoms with Gasteiger partial charge in [-0.1, -0.05) is 58.7 Å². The van der Waals surface area contributed by atoms with Gasteiger partial charge in [0.15, 0.2) is 34.6 Å². The van der Waals surface area contributed by atoms with Gasteiger partial charge >= 0.3 is 0 Å². The topological polar surface area (TPSA) is 214 Å². The molecule has 0 aromatic heterocycles. The summed E-state index contributed by atoms with van der Waals surface area (Å²) in [6.45, 7) is 11.8. The Kier molecular flexibility index (Phi) is 13.3. The minimum atomic E-state index is -0.991. The number of carbonyl (C=O) groups is 2. The van der Waals surface area contributed by atoms with Crippen molar-refractivity contribution in [2.45, 2.75) is 105 Å². The van der Waals surface area contributed by atoms with Gasteiger partial charge in [0, 0.05) is 11.1 Å². The number of Topliss-reactive ketones (excluding diaryl/α,β-unsaturated/α-hetero) is 2. The molecule has 8 N–H and O–H groups in total. The van der Waals surface area contributed by atoms with Crippen molar-refractivity contribution in [3.63, 3.8) is 0 Å². The lowest BCUT2D eigenvalue weighted by atomic mass is 9.84. The maximum Gasteiger partial charge on any atom is 0.174 e. The molecule has 0 radical (unpaired) electrons. The van der Waals surface area contributed by atoms with Crippen LogP contribution in [0.25, 0.3) is 11.1 Å². The van der Waals surface area contributed by atoms with Crippen molar-refractivity contribution < 1.29 is 59.9 Å². The molecular formula is C50H54O12. The number of ketones is 2. The van der Waals surface area contributed by atoms with Gasteiger partial charge in [-0.2, -0.15) is 0 Å². The van der Waals surface area contributed by atoms with Crippen molar-refractivity contribution in [1.82, 2.24) is 0 Å². The molecule has 0 saturated heterocycles. The number of rotatable bonds is 13. The fourth-order valence-corrected chi connectivity index (χ4v) is 7.83. The van der Waals surface area contributed by atoms with Crippen LogP contribution in [0.5, 0.6) is 57.5 Å². The minimum Gasteiger partial charge on any atom is -0.507 e. The zero-order valence-corrected chi connectivity index (χ0v) is 35.8. The Bertz CT molecular complexity index is 2390. The second kappa shape index (κ2) is 18.4. The van der Waals surface area contributed by atoms with Crippen molar-refractivity contribution in [2.75, 3.05) is 0 Å². The van der Waals surface area contributed by atoms with Crippen LogP contribution in [-0.4, -0.2) is 52.4 Å². The van der Waals surface area contributed by atoms with Gasteiger partial charge in [0.2, 0.25) is 0 Å². The molecule has 2 aliphatic rings. The van der Waals surface area contributed by atoms with E-state index in [1.807, 2.05) is 53.7 Å². The Hall–Kier alpha value is -6.82. The molecule has 4 aromatic carbocycles. The van der Waals surface area contributed by atoms with E-state index >= 15 is 0 Å². The molecule has 2 unspecified atom stereocenters. The summed E-state index contributed by atoms with van der Waals surface area (Å²) in [6.07, 6.45) is 8.09. The van der Waals surface area contributed by atoms with E-state index < -0.39 is 69.4 Å². The number of phenolic OH excluding ortho intramolecular Hbond substituents is 8. The Morgan fingerprint density at radius 1 is 0.516 bits per heavy atom. The molecule has 12 heteroatoms. The lowest BCUT2D eigenvalue weighted by molar-refractivity contribution is 0.0831. The SMILES string of the molecule is CC(C)=CCC/C(C)=C\Cc1c(O)c(-c2c(O)c(C/C=C(/C)CCC=C(C)C)c3c(c2O)C(=O)CC(c2ccc(O)c(O)c2)O3)c(O)c2c1OC(c1ccc(O)c(O)c1)CC2=O. The van der Waals surface area contributed by atoms with Crippen LogP contribution in [-0.2, 0) is 12.8 Å². The molecule has 4 aromatic rings. The highest BCUT2D eigenvalue weighted by molar-refractivity contribution is 6.10. The molecule has 0 amide bonds. The highest BCUT2D eigenvalue weighted by atomic mass is 16.5. The van der Waals surface area contributed by atoms with Crippen LogP contribution >= 0.6 is 0 Å². The van der Waals surface area contributed by atoms with Crippen LogP contribution in [0.3, 0.4) is 0 Å². The highest BCUT2D eigenvalue weighted by Crippen LogP contribution is 2.59. The predicted molar refractivity (Wildman–Crippen MR) is 235 cm³/mol. The quantitative estimate of drug-likeness (QED) is 0.0466. The maximum atomic E-state index is 14.2. The van der Waals surface area contributed by atoms with Crippen LogP contribution in [0.1, 0.15) is 135 Å². The predicted octanol–water partition coefficient (Wildman–Crippen LogP) is 10.9. The fourth-order valence-electron chi connectivity index (χ4n) is 7.83. The van der Waals surface area contributed by atoms with Crippen molar-refractivity contribution in [3.05, 3.63) is 116 Å². The zero-order chi connectivity index (χ0) is 45.2. The number of phenols is 8. The van der Waals surface area contributed by atoms with Crippen LogP contribution in [0.4, 0.5) is 0 Å². The number of aromatic hydroxyl groups is 8. The number of benzene rings is 4. The molecule has 0 saturated carbocycles. The monoisotopic (exact) mass is 846 g/mol. The van der Waals surface area contributed by atoms with Crippen LogP contribution in [0.15, 0.2) is 83.0 Å². The van der Waals surface area contributed by atoms with Crippen LogP contribution in [0, 0.1) is 0 Å². The Balaban J connectivity index is 1.57. The number of ether oxygens (including phenoxy) is 2. The van der Waals surface area contributed by atoms with Gasteiger partial charge in [-0.25, -0.2) is 0 Å². The van der Waals surface area contributed by atoms with Gasteiger partial charge in [-0.3, -0.25) is 9.59 Å². The first-order valence-corrected chi connectivity index (χ1v) is 20.6. The van der Waals surface area contributed by atoms with Gasteiger partial charge < -0.3 is 50.3 Å². The fraction of sp³-hybridized carbons (Fsp3) is 0.320. The summed E-state index contributed by atoms with van der Waals surface area (Å²) in [6, 6.07) is 8.00. The molecule has 0 bridgehead atoms. The van der Waals surface area contributed by atoms with E-state index in [1.54, 1.807) is 0 Å². The lowest BCUT2D eigenvalue weighted by Gasteiger charge is -2.31. The van der Waals surface area contributed by atoms with E-state index in [9.17, 15) is 50.4 Å². The van der Waals surface area contributed by atoms with E-state index in [2.05, 4.69) is 12.2 Å².